The fourth-order valence-electron chi connectivity index (χ4n) is 4.78. The van der Waals surface area contributed by atoms with Crippen molar-refractivity contribution in [3.05, 3.63) is 122 Å². The summed E-state index contributed by atoms with van der Waals surface area (Å²) in [6.07, 6.45) is 1.79. The molecule has 0 spiro atoms. The number of rotatable bonds is 8. The third-order valence-corrected chi connectivity index (χ3v) is 8.58. The Labute approximate surface area is 265 Å². The van der Waals surface area contributed by atoms with Gasteiger partial charge in [-0.25, -0.2) is 9.79 Å². The van der Waals surface area contributed by atoms with Crippen LogP contribution in [0.4, 0.5) is 0 Å². The molecule has 42 heavy (non-hydrogen) atoms. The Morgan fingerprint density at radius 2 is 1.90 bits per heavy atom. The fraction of sp³-hybridized carbons (Fsp3) is 0.219. The molecule has 0 unspecified atom stereocenters. The Balaban J connectivity index is 1.66. The number of hydrogen-bond acceptors (Lipinski definition) is 7. The molecule has 0 N–H and O–H groups in total. The van der Waals surface area contributed by atoms with Crippen molar-refractivity contribution < 1.29 is 19.0 Å². The van der Waals surface area contributed by atoms with Crippen LogP contribution in [0, 0.1) is 10.5 Å². The summed E-state index contributed by atoms with van der Waals surface area (Å²) in [5, 5.41) is 0.618. The second kappa shape index (κ2) is 12.8. The highest BCUT2D eigenvalue weighted by Gasteiger charge is 2.33. The number of benzene rings is 3. The number of nitrogens with zero attached hydrogens (tertiary/aromatic N) is 2. The van der Waals surface area contributed by atoms with Gasteiger partial charge in [-0.1, -0.05) is 64.9 Å². The molecule has 0 radical (unpaired) electrons. The van der Waals surface area contributed by atoms with E-state index in [0.29, 0.717) is 42.7 Å². The average molecular weight is 715 g/mol. The molecule has 2 heterocycles. The van der Waals surface area contributed by atoms with E-state index in [4.69, 9.17) is 25.8 Å². The van der Waals surface area contributed by atoms with Gasteiger partial charge in [0.05, 0.1) is 35.6 Å². The number of carbonyl (C=O) groups excluding carboxylic acids is 1. The number of allylic oxidation sites excluding steroid dienone is 1. The zero-order valence-corrected chi connectivity index (χ0v) is 27.2. The zero-order chi connectivity index (χ0) is 30.0. The van der Waals surface area contributed by atoms with Crippen molar-refractivity contribution in [1.82, 2.24) is 4.57 Å². The summed E-state index contributed by atoms with van der Waals surface area (Å²) < 4.78 is 20.2. The summed E-state index contributed by atoms with van der Waals surface area (Å²) in [5.41, 5.74) is 4.05. The zero-order valence-electron chi connectivity index (χ0n) is 23.4. The first-order chi connectivity index (χ1) is 20.2. The van der Waals surface area contributed by atoms with E-state index in [9.17, 15) is 9.59 Å². The van der Waals surface area contributed by atoms with Crippen LogP contribution in [0.1, 0.15) is 42.1 Å². The van der Waals surface area contributed by atoms with Crippen LogP contribution in [-0.2, 0) is 16.1 Å². The van der Waals surface area contributed by atoms with Crippen molar-refractivity contribution >= 4 is 57.6 Å². The van der Waals surface area contributed by atoms with Gasteiger partial charge in [0.2, 0.25) is 0 Å². The Bertz CT molecular complexity index is 1880. The molecule has 10 heteroatoms. The maximum atomic E-state index is 14.1. The molecule has 1 atom stereocenters. The largest absolute Gasteiger partial charge is 0.493 e. The Morgan fingerprint density at radius 3 is 2.60 bits per heavy atom. The molecule has 1 aliphatic heterocycles. The van der Waals surface area contributed by atoms with Gasteiger partial charge < -0.3 is 14.2 Å². The second-order valence-corrected chi connectivity index (χ2v) is 12.3. The number of hydrogen-bond donors (Lipinski definition) is 0. The number of thiazole rings is 1. The lowest BCUT2D eigenvalue weighted by molar-refractivity contribution is -0.139. The first kappa shape index (κ1) is 30.1. The molecule has 0 aliphatic carbocycles. The van der Waals surface area contributed by atoms with Gasteiger partial charge in [-0.3, -0.25) is 9.36 Å². The van der Waals surface area contributed by atoms with Crippen LogP contribution in [0.25, 0.3) is 6.08 Å². The number of methoxy groups -OCH3 is 1. The van der Waals surface area contributed by atoms with Crippen molar-refractivity contribution in [2.24, 2.45) is 4.99 Å². The van der Waals surface area contributed by atoms with Crippen molar-refractivity contribution in [3.8, 4) is 11.5 Å². The van der Waals surface area contributed by atoms with E-state index in [1.54, 1.807) is 37.7 Å². The Morgan fingerprint density at radius 1 is 1.14 bits per heavy atom. The molecule has 1 aliphatic rings. The number of esters is 1. The standard InChI is InChI=1S/C32H28ClIN2O5S/c1-5-40-31(38)27-19(3)35-32-36(28(27)21-11-9-18(2)10-12-21)30(37)26(42-32)15-22-14-24(34)16-25(39-4)29(22)41-17-20-7-6-8-23(33)13-20/h6-16,28H,5,17H2,1-4H3/b26-15-/t28-/m0/s1. The van der Waals surface area contributed by atoms with Gasteiger partial charge in [-0.05, 0) is 84.8 Å². The van der Waals surface area contributed by atoms with Crippen molar-refractivity contribution in [1.29, 1.82) is 0 Å². The van der Waals surface area contributed by atoms with Crippen LogP contribution in [0.3, 0.4) is 0 Å². The number of carbonyl (C=O) groups is 1. The third kappa shape index (κ3) is 6.18. The monoisotopic (exact) mass is 714 g/mol. The SMILES string of the molecule is CCOC(=O)C1=C(C)N=c2s/c(=C\c3cc(I)cc(OC)c3OCc3cccc(Cl)c3)c(=O)n2[C@H]1c1ccc(C)cc1. The van der Waals surface area contributed by atoms with Crippen LogP contribution in [0.15, 0.2) is 81.7 Å². The molecule has 216 valence electrons. The average Bonchev–Trinajstić information content (AvgIpc) is 3.26. The highest BCUT2D eigenvalue weighted by atomic mass is 127. The van der Waals surface area contributed by atoms with Crippen LogP contribution in [0.5, 0.6) is 11.5 Å². The maximum absolute atomic E-state index is 14.1. The number of fused-ring (bicyclic) bond motifs is 1. The van der Waals surface area contributed by atoms with Crippen LogP contribution in [-0.4, -0.2) is 24.3 Å². The lowest BCUT2D eigenvalue weighted by Crippen LogP contribution is -2.39. The fourth-order valence-corrected chi connectivity index (χ4v) is 6.65. The molecule has 0 saturated heterocycles. The summed E-state index contributed by atoms with van der Waals surface area (Å²) in [4.78, 5) is 32.4. The van der Waals surface area contributed by atoms with Gasteiger partial charge in [0.1, 0.15) is 6.61 Å². The smallest absolute Gasteiger partial charge is 0.338 e. The molecule has 4 aromatic rings. The molecule has 0 fully saturated rings. The molecule has 1 aromatic heterocycles. The van der Waals surface area contributed by atoms with E-state index in [1.165, 1.54) is 11.3 Å². The predicted octanol–water partition coefficient (Wildman–Crippen LogP) is 5.95. The first-order valence-electron chi connectivity index (χ1n) is 13.2. The minimum absolute atomic E-state index is 0.215. The lowest BCUT2D eigenvalue weighted by atomic mass is 9.95. The maximum Gasteiger partial charge on any atom is 0.338 e. The Hall–Kier alpha value is -3.41. The number of ether oxygens (including phenoxy) is 3. The van der Waals surface area contributed by atoms with Gasteiger partial charge in [0.15, 0.2) is 16.3 Å². The summed E-state index contributed by atoms with van der Waals surface area (Å²) in [6.45, 7) is 5.99. The number of aromatic nitrogens is 1. The summed E-state index contributed by atoms with van der Waals surface area (Å²) >= 11 is 9.64. The van der Waals surface area contributed by atoms with E-state index in [0.717, 1.165) is 20.3 Å². The Kier molecular flexibility index (Phi) is 9.19. The molecular formula is C32H28ClIN2O5S. The molecule has 3 aromatic carbocycles. The lowest BCUT2D eigenvalue weighted by Gasteiger charge is -2.24. The molecule has 0 amide bonds. The minimum atomic E-state index is -0.674. The second-order valence-electron chi connectivity index (χ2n) is 9.66. The topological polar surface area (TPSA) is 79.1 Å². The molecular weight excluding hydrogens is 687 g/mol. The molecule has 5 rings (SSSR count). The van der Waals surface area contributed by atoms with Gasteiger partial charge >= 0.3 is 5.97 Å². The minimum Gasteiger partial charge on any atom is -0.493 e. The number of halogens is 2. The summed E-state index contributed by atoms with van der Waals surface area (Å²) in [7, 11) is 1.58. The number of aryl methyl sites for hydroxylation is 1. The highest BCUT2D eigenvalue weighted by Crippen LogP contribution is 2.35. The van der Waals surface area contributed by atoms with Crippen molar-refractivity contribution in [3.63, 3.8) is 0 Å². The van der Waals surface area contributed by atoms with Crippen LogP contribution >= 0.6 is 45.5 Å². The van der Waals surface area contributed by atoms with Gasteiger partial charge in [-0.2, -0.15) is 0 Å². The molecule has 0 saturated carbocycles. The quantitative estimate of drug-likeness (QED) is 0.167. The van der Waals surface area contributed by atoms with Gasteiger partial charge in [-0.15, -0.1) is 0 Å². The van der Waals surface area contributed by atoms with E-state index in [-0.39, 0.29) is 18.8 Å². The van der Waals surface area contributed by atoms with Gasteiger partial charge in [0, 0.05) is 14.2 Å². The van der Waals surface area contributed by atoms with Crippen molar-refractivity contribution in [2.45, 2.75) is 33.4 Å². The molecule has 0 bridgehead atoms. The predicted molar refractivity (Wildman–Crippen MR) is 173 cm³/mol. The summed E-state index contributed by atoms with van der Waals surface area (Å²) in [5.74, 6) is 0.556. The normalized spacial score (nSPS) is 14.8. The van der Waals surface area contributed by atoms with E-state index >= 15 is 0 Å². The molecule has 7 nitrogen and oxygen atoms in total. The van der Waals surface area contributed by atoms with Crippen molar-refractivity contribution in [2.75, 3.05) is 13.7 Å². The van der Waals surface area contributed by atoms with Crippen LogP contribution in [0.2, 0.25) is 5.02 Å². The van der Waals surface area contributed by atoms with E-state index < -0.39 is 12.0 Å². The van der Waals surface area contributed by atoms with E-state index in [1.807, 2.05) is 61.5 Å². The first-order valence-corrected chi connectivity index (χ1v) is 15.5. The highest BCUT2D eigenvalue weighted by molar-refractivity contribution is 14.1. The third-order valence-electron chi connectivity index (χ3n) is 6.74. The van der Waals surface area contributed by atoms with Gasteiger partial charge in [0.25, 0.3) is 5.56 Å². The summed E-state index contributed by atoms with van der Waals surface area (Å²) in [6, 6.07) is 18.4. The van der Waals surface area contributed by atoms with Crippen LogP contribution < -0.4 is 24.4 Å². The van der Waals surface area contributed by atoms with E-state index in [2.05, 4.69) is 27.6 Å².